The first-order valence-corrected chi connectivity index (χ1v) is 5.62. The second kappa shape index (κ2) is 4.40. The van der Waals surface area contributed by atoms with E-state index in [0.717, 1.165) is 16.7 Å². The largest absolute Gasteiger partial charge is 0.283 e. The van der Waals surface area contributed by atoms with Crippen LogP contribution in [0.3, 0.4) is 0 Å². The molecule has 0 aromatic carbocycles. The smallest absolute Gasteiger partial charge is 0.255 e. The van der Waals surface area contributed by atoms with Gasteiger partial charge in [-0.3, -0.25) is 14.3 Å². The summed E-state index contributed by atoms with van der Waals surface area (Å²) in [6.45, 7) is 0. The first-order chi connectivity index (χ1) is 7.31. The lowest BCUT2D eigenvalue weighted by molar-refractivity contribution is 0.971. The molecule has 2 rings (SSSR count). The van der Waals surface area contributed by atoms with Gasteiger partial charge in [-0.2, -0.15) is 0 Å². The Bertz CT molecular complexity index is 504. The zero-order chi connectivity index (χ0) is 10.7. The van der Waals surface area contributed by atoms with Gasteiger partial charge in [-0.15, -0.1) is 0 Å². The van der Waals surface area contributed by atoms with E-state index in [0.29, 0.717) is 0 Å². The number of aromatic nitrogens is 2. The maximum atomic E-state index is 11.5. The van der Waals surface area contributed by atoms with E-state index in [4.69, 9.17) is 0 Å². The summed E-state index contributed by atoms with van der Waals surface area (Å²) in [7, 11) is 0. The van der Waals surface area contributed by atoms with Gasteiger partial charge in [0.25, 0.3) is 5.56 Å². The molecule has 0 saturated heterocycles. The first kappa shape index (κ1) is 10.1. The molecule has 0 atom stereocenters. The summed E-state index contributed by atoms with van der Waals surface area (Å²) in [6, 6.07) is 8.84. The Labute approximate surface area is 95.5 Å². The van der Waals surface area contributed by atoms with Crippen molar-refractivity contribution in [1.29, 1.82) is 0 Å². The third-order valence-corrected chi connectivity index (χ3v) is 2.62. The van der Waals surface area contributed by atoms with E-state index in [1.165, 1.54) is 6.07 Å². The third kappa shape index (κ3) is 2.15. The number of hydrogen-bond donors (Lipinski definition) is 0. The van der Waals surface area contributed by atoms with Crippen molar-refractivity contribution in [3.63, 3.8) is 0 Å². The van der Waals surface area contributed by atoms with Gasteiger partial charge in [-0.05, 0) is 18.2 Å². The van der Waals surface area contributed by atoms with Crippen LogP contribution in [0.4, 0.5) is 0 Å². The van der Waals surface area contributed by atoms with Gasteiger partial charge >= 0.3 is 0 Å². The second-order valence-electron chi connectivity index (χ2n) is 3.05. The summed E-state index contributed by atoms with van der Waals surface area (Å²) in [4.78, 5) is 15.7. The van der Waals surface area contributed by atoms with Crippen LogP contribution < -0.4 is 5.56 Å². The molecular weight excluding hydrogens is 256 g/mol. The van der Waals surface area contributed by atoms with Crippen LogP contribution in [0.2, 0.25) is 0 Å². The maximum absolute atomic E-state index is 11.5. The van der Waals surface area contributed by atoms with Crippen LogP contribution in [-0.2, 0) is 5.33 Å². The number of pyridine rings is 2. The van der Waals surface area contributed by atoms with Crippen molar-refractivity contribution in [3.8, 4) is 5.69 Å². The van der Waals surface area contributed by atoms with Crippen LogP contribution in [-0.4, -0.2) is 9.55 Å². The SMILES string of the molecule is O=c1ccccn1-c1ccc(CBr)nc1. The Kier molecular flexibility index (Phi) is 2.97. The third-order valence-electron chi connectivity index (χ3n) is 2.05. The fraction of sp³-hybridized carbons (Fsp3) is 0.0909. The highest BCUT2D eigenvalue weighted by atomic mass is 79.9. The molecule has 0 amide bonds. The van der Waals surface area contributed by atoms with Crippen LogP contribution in [0, 0.1) is 0 Å². The predicted octanol–water partition coefficient (Wildman–Crippen LogP) is 2.13. The molecule has 2 heterocycles. The molecule has 0 N–H and O–H groups in total. The van der Waals surface area contributed by atoms with E-state index in [1.807, 2.05) is 18.2 Å². The summed E-state index contributed by atoms with van der Waals surface area (Å²) in [5.41, 5.74) is 1.68. The molecule has 0 bridgehead atoms. The van der Waals surface area contributed by atoms with Gasteiger partial charge in [-0.25, -0.2) is 0 Å². The normalized spacial score (nSPS) is 10.2. The van der Waals surface area contributed by atoms with Crippen molar-refractivity contribution in [2.75, 3.05) is 0 Å². The van der Waals surface area contributed by atoms with Crippen molar-refractivity contribution in [2.24, 2.45) is 0 Å². The lowest BCUT2D eigenvalue weighted by Crippen LogP contribution is -2.15. The zero-order valence-electron chi connectivity index (χ0n) is 7.93. The van der Waals surface area contributed by atoms with Gasteiger partial charge in [0.2, 0.25) is 0 Å². The van der Waals surface area contributed by atoms with E-state index in [-0.39, 0.29) is 5.56 Å². The molecule has 0 radical (unpaired) electrons. The molecule has 0 fully saturated rings. The summed E-state index contributed by atoms with van der Waals surface area (Å²) >= 11 is 3.32. The molecule has 0 saturated carbocycles. The summed E-state index contributed by atoms with van der Waals surface area (Å²) in [6.07, 6.45) is 3.42. The van der Waals surface area contributed by atoms with Gasteiger partial charge in [-0.1, -0.05) is 22.0 Å². The van der Waals surface area contributed by atoms with Gasteiger partial charge < -0.3 is 0 Å². The Morgan fingerprint density at radius 3 is 2.73 bits per heavy atom. The summed E-state index contributed by atoms with van der Waals surface area (Å²) < 4.78 is 1.56. The van der Waals surface area contributed by atoms with E-state index in [9.17, 15) is 4.79 Å². The molecule has 0 aliphatic carbocycles. The first-order valence-electron chi connectivity index (χ1n) is 4.50. The minimum Gasteiger partial charge on any atom is -0.283 e. The van der Waals surface area contributed by atoms with Crippen molar-refractivity contribution in [1.82, 2.24) is 9.55 Å². The molecular formula is C11H9BrN2O. The van der Waals surface area contributed by atoms with Crippen LogP contribution in [0.1, 0.15) is 5.69 Å². The zero-order valence-corrected chi connectivity index (χ0v) is 9.52. The number of hydrogen-bond acceptors (Lipinski definition) is 2. The highest BCUT2D eigenvalue weighted by Crippen LogP contribution is 2.06. The van der Waals surface area contributed by atoms with E-state index >= 15 is 0 Å². The average Bonchev–Trinajstić information content (AvgIpc) is 2.30. The molecule has 4 heteroatoms. The molecule has 2 aromatic heterocycles. The van der Waals surface area contributed by atoms with Crippen LogP contribution in [0.25, 0.3) is 5.69 Å². The molecule has 0 unspecified atom stereocenters. The standard InChI is InChI=1S/C11H9BrN2O/c12-7-9-4-5-10(8-13-9)14-6-2-1-3-11(14)15/h1-6,8H,7H2. The number of alkyl halides is 1. The van der Waals surface area contributed by atoms with Gasteiger partial charge in [0, 0.05) is 17.6 Å². The van der Waals surface area contributed by atoms with Crippen LogP contribution in [0.5, 0.6) is 0 Å². The van der Waals surface area contributed by atoms with E-state index in [2.05, 4.69) is 20.9 Å². The molecule has 76 valence electrons. The number of halogens is 1. The topological polar surface area (TPSA) is 34.9 Å². The summed E-state index contributed by atoms with van der Waals surface area (Å²) in [5.74, 6) is 0. The lowest BCUT2D eigenvalue weighted by atomic mass is 10.3. The molecule has 0 aliphatic heterocycles. The predicted molar refractivity (Wildman–Crippen MR) is 62.5 cm³/mol. The van der Waals surface area contributed by atoms with Crippen LogP contribution in [0.15, 0.2) is 47.5 Å². The minimum atomic E-state index is -0.0501. The fourth-order valence-corrected chi connectivity index (χ4v) is 1.61. The lowest BCUT2D eigenvalue weighted by Gasteiger charge is -2.04. The Hall–Kier alpha value is -1.42. The Morgan fingerprint density at radius 1 is 1.27 bits per heavy atom. The molecule has 2 aromatic rings. The van der Waals surface area contributed by atoms with Gasteiger partial charge in [0.1, 0.15) is 0 Å². The monoisotopic (exact) mass is 264 g/mol. The Morgan fingerprint density at radius 2 is 2.13 bits per heavy atom. The van der Waals surface area contributed by atoms with Gasteiger partial charge in [0.15, 0.2) is 0 Å². The molecule has 0 spiro atoms. The van der Waals surface area contributed by atoms with Crippen molar-refractivity contribution in [3.05, 3.63) is 58.8 Å². The molecule has 0 aliphatic rings. The summed E-state index contributed by atoms with van der Waals surface area (Å²) in [5, 5.41) is 0.719. The number of rotatable bonds is 2. The number of nitrogens with zero attached hydrogens (tertiary/aromatic N) is 2. The highest BCUT2D eigenvalue weighted by molar-refractivity contribution is 9.08. The fourth-order valence-electron chi connectivity index (χ4n) is 1.28. The van der Waals surface area contributed by atoms with Crippen LogP contribution >= 0.6 is 15.9 Å². The quantitative estimate of drug-likeness (QED) is 0.779. The van der Waals surface area contributed by atoms with Crippen molar-refractivity contribution < 1.29 is 0 Å². The van der Waals surface area contributed by atoms with Gasteiger partial charge in [0.05, 0.1) is 17.6 Å². The molecule has 15 heavy (non-hydrogen) atoms. The van der Waals surface area contributed by atoms with Crippen molar-refractivity contribution in [2.45, 2.75) is 5.33 Å². The van der Waals surface area contributed by atoms with E-state index < -0.39 is 0 Å². The molecule has 3 nitrogen and oxygen atoms in total. The second-order valence-corrected chi connectivity index (χ2v) is 3.61. The highest BCUT2D eigenvalue weighted by Gasteiger charge is 1.98. The maximum Gasteiger partial charge on any atom is 0.255 e. The average molecular weight is 265 g/mol. The van der Waals surface area contributed by atoms with Crippen molar-refractivity contribution >= 4 is 15.9 Å². The van der Waals surface area contributed by atoms with E-state index in [1.54, 1.807) is 23.0 Å². The Balaban J connectivity index is 2.46. The minimum absolute atomic E-state index is 0.0501.